The molecule has 0 spiro atoms. The van der Waals surface area contributed by atoms with Gasteiger partial charge >= 0.3 is 0 Å². The Morgan fingerprint density at radius 1 is 1.40 bits per heavy atom. The van der Waals surface area contributed by atoms with E-state index in [-0.39, 0.29) is 5.41 Å². The smallest absolute Gasteiger partial charge is 0.0318 e. The Morgan fingerprint density at radius 3 is 2.53 bits per heavy atom. The molecule has 0 aliphatic carbocycles. The molecule has 0 radical (unpaired) electrons. The zero-order chi connectivity index (χ0) is 11.7. The quantitative estimate of drug-likeness (QED) is 0.319. The fraction of sp³-hybridized carbons (Fsp3) is 0.600. The van der Waals surface area contributed by atoms with Crippen molar-refractivity contribution in [3.8, 4) is 12.3 Å². The monoisotopic (exact) mass is 204 g/mol. The zero-order valence-corrected chi connectivity index (χ0v) is 10.5. The van der Waals surface area contributed by atoms with E-state index >= 15 is 0 Å². The van der Waals surface area contributed by atoms with Crippen molar-refractivity contribution in [3.05, 3.63) is 24.3 Å². The minimum Gasteiger partial charge on any atom is -0.120 e. The second-order valence-electron chi connectivity index (χ2n) is 4.73. The third kappa shape index (κ3) is 7.03. The predicted molar refractivity (Wildman–Crippen MR) is 69.7 cm³/mol. The van der Waals surface area contributed by atoms with E-state index in [9.17, 15) is 0 Å². The summed E-state index contributed by atoms with van der Waals surface area (Å²) in [6.07, 6.45) is 15.4. The zero-order valence-electron chi connectivity index (χ0n) is 10.5. The summed E-state index contributed by atoms with van der Waals surface area (Å²) < 4.78 is 0. The lowest BCUT2D eigenvalue weighted by molar-refractivity contribution is 0.396. The van der Waals surface area contributed by atoms with E-state index in [1.807, 2.05) is 6.08 Å². The van der Waals surface area contributed by atoms with Gasteiger partial charge in [0, 0.05) is 5.41 Å². The van der Waals surface area contributed by atoms with Crippen molar-refractivity contribution in [1.29, 1.82) is 0 Å². The summed E-state index contributed by atoms with van der Waals surface area (Å²) in [5, 5.41) is 0. The molecule has 1 unspecified atom stereocenters. The predicted octanol–water partition coefficient (Wildman–Crippen LogP) is 4.73. The Kier molecular flexibility index (Phi) is 6.88. The van der Waals surface area contributed by atoms with E-state index in [2.05, 4.69) is 39.3 Å². The molecule has 0 aliphatic rings. The van der Waals surface area contributed by atoms with Gasteiger partial charge in [0.15, 0.2) is 0 Å². The van der Waals surface area contributed by atoms with Crippen molar-refractivity contribution in [3.63, 3.8) is 0 Å². The summed E-state index contributed by atoms with van der Waals surface area (Å²) in [6, 6.07) is 0. The second kappa shape index (κ2) is 7.35. The van der Waals surface area contributed by atoms with E-state index in [4.69, 9.17) is 6.42 Å². The first-order valence-corrected chi connectivity index (χ1v) is 5.76. The number of rotatable bonds is 7. The summed E-state index contributed by atoms with van der Waals surface area (Å²) in [7, 11) is 0. The molecular formula is C15H24. The first kappa shape index (κ1) is 14.0. The third-order valence-electron chi connectivity index (χ3n) is 2.70. The van der Waals surface area contributed by atoms with Gasteiger partial charge in [0.2, 0.25) is 0 Å². The molecule has 1 atom stereocenters. The molecule has 0 rings (SSSR count). The van der Waals surface area contributed by atoms with Crippen molar-refractivity contribution >= 4 is 0 Å². The Morgan fingerprint density at radius 2 is 2.07 bits per heavy atom. The first-order valence-electron chi connectivity index (χ1n) is 5.76. The first-order chi connectivity index (χ1) is 7.04. The molecule has 0 aromatic carbocycles. The summed E-state index contributed by atoms with van der Waals surface area (Å²) in [4.78, 5) is 0. The maximum Gasteiger partial charge on any atom is 0.0318 e. The van der Waals surface area contributed by atoms with Crippen LogP contribution in [-0.4, -0.2) is 0 Å². The average molecular weight is 204 g/mol. The van der Waals surface area contributed by atoms with Crippen LogP contribution >= 0.6 is 0 Å². The molecule has 0 aliphatic heterocycles. The molecule has 0 fully saturated rings. The van der Waals surface area contributed by atoms with Crippen LogP contribution in [0.5, 0.6) is 0 Å². The van der Waals surface area contributed by atoms with Gasteiger partial charge in [0.1, 0.15) is 0 Å². The molecule has 0 nitrogen and oxygen atoms in total. The number of allylic oxidation sites excluding steroid dienone is 3. The van der Waals surface area contributed by atoms with E-state index in [1.165, 1.54) is 18.4 Å². The minimum atomic E-state index is 0.0401. The number of hydrogen-bond acceptors (Lipinski definition) is 0. The number of unbranched alkanes of at least 4 members (excludes halogenated alkanes) is 2. The van der Waals surface area contributed by atoms with Crippen LogP contribution in [0.3, 0.4) is 0 Å². The molecule has 0 heterocycles. The molecule has 0 heteroatoms. The lowest BCUT2D eigenvalue weighted by Crippen LogP contribution is -2.12. The van der Waals surface area contributed by atoms with Crippen molar-refractivity contribution in [2.24, 2.45) is 5.41 Å². The van der Waals surface area contributed by atoms with Gasteiger partial charge in [-0.25, -0.2) is 0 Å². The summed E-state index contributed by atoms with van der Waals surface area (Å²) in [6.45, 7) is 10.1. The van der Waals surface area contributed by atoms with Crippen LogP contribution in [0.25, 0.3) is 0 Å². The third-order valence-corrected chi connectivity index (χ3v) is 2.70. The van der Waals surface area contributed by atoms with E-state index in [1.54, 1.807) is 0 Å². The van der Waals surface area contributed by atoms with Crippen LogP contribution in [0, 0.1) is 17.8 Å². The summed E-state index contributed by atoms with van der Waals surface area (Å²) in [5.74, 6) is 2.94. The SMILES string of the molecule is C#CC(C)(CC=C(C)C)CCCCC=C. The Labute approximate surface area is 95.5 Å². The highest BCUT2D eigenvalue weighted by atomic mass is 14.2. The molecule has 0 amide bonds. The van der Waals surface area contributed by atoms with Crippen LogP contribution < -0.4 is 0 Å². The lowest BCUT2D eigenvalue weighted by atomic mass is 9.82. The normalized spacial score (nSPS) is 13.7. The van der Waals surface area contributed by atoms with Crippen LogP contribution in [0.4, 0.5) is 0 Å². The molecule has 0 N–H and O–H groups in total. The molecule has 15 heavy (non-hydrogen) atoms. The fourth-order valence-corrected chi connectivity index (χ4v) is 1.47. The van der Waals surface area contributed by atoms with Gasteiger partial charge in [-0.2, -0.15) is 0 Å². The van der Waals surface area contributed by atoms with Gasteiger partial charge in [-0.05, 0) is 46.5 Å². The highest BCUT2D eigenvalue weighted by molar-refractivity contribution is 5.08. The molecule has 84 valence electrons. The summed E-state index contributed by atoms with van der Waals surface area (Å²) >= 11 is 0. The highest BCUT2D eigenvalue weighted by Gasteiger charge is 2.18. The van der Waals surface area contributed by atoms with Crippen LogP contribution in [0.2, 0.25) is 0 Å². The van der Waals surface area contributed by atoms with Gasteiger partial charge in [0.25, 0.3) is 0 Å². The lowest BCUT2D eigenvalue weighted by Gasteiger charge is -2.21. The van der Waals surface area contributed by atoms with Gasteiger partial charge in [-0.1, -0.05) is 30.1 Å². The van der Waals surface area contributed by atoms with Gasteiger partial charge in [-0.3, -0.25) is 0 Å². The number of hydrogen-bond donors (Lipinski definition) is 0. The van der Waals surface area contributed by atoms with Crippen molar-refractivity contribution < 1.29 is 0 Å². The van der Waals surface area contributed by atoms with E-state index in [0.717, 1.165) is 19.3 Å². The topological polar surface area (TPSA) is 0 Å². The van der Waals surface area contributed by atoms with Crippen molar-refractivity contribution in [2.75, 3.05) is 0 Å². The molecule has 0 aromatic heterocycles. The van der Waals surface area contributed by atoms with Crippen molar-refractivity contribution in [1.82, 2.24) is 0 Å². The van der Waals surface area contributed by atoms with E-state index in [0.29, 0.717) is 0 Å². The Hall–Kier alpha value is -0.960. The van der Waals surface area contributed by atoms with Crippen molar-refractivity contribution in [2.45, 2.75) is 52.9 Å². The highest BCUT2D eigenvalue weighted by Crippen LogP contribution is 2.28. The molecule has 0 saturated carbocycles. The molecule has 0 saturated heterocycles. The van der Waals surface area contributed by atoms with Crippen LogP contribution in [0.1, 0.15) is 52.9 Å². The largest absolute Gasteiger partial charge is 0.120 e. The maximum atomic E-state index is 5.61. The van der Waals surface area contributed by atoms with Gasteiger partial charge in [-0.15, -0.1) is 13.0 Å². The molecule has 0 bridgehead atoms. The van der Waals surface area contributed by atoms with E-state index < -0.39 is 0 Å². The Balaban J connectivity index is 4.03. The van der Waals surface area contributed by atoms with Gasteiger partial charge < -0.3 is 0 Å². The maximum absolute atomic E-state index is 5.61. The average Bonchev–Trinajstić information content (AvgIpc) is 2.22. The fourth-order valence-electron chi connectivity index (χ4n) is 1.47. The Bertz CT molecular complexity index is 248. The minimum absolute atomic E-state index is 0.0401. The van der Waals surface area contributed by atoms with Gasteiger partial charge in [0.05, 0.1) is 0 Å². The molecular weight excluding hydrogens is 180 g/mol. The summed E-state index contributed by atoms with van der Waals surface area (Å²) in [5.41, 5.74) is 1.39. The van der Waals surface area contributed by atoms with Crippen LogP contribution in [-0.2, 0) is 0 Å². The number of terminal acetylenes is 1. The molecule has 0 aromatic rings. The second-order valence-corrected chi connectivity index (χ2v) is 4.73. The standard InChI is InChI=1S/C15H24/c1-6-8-9-10-12-15(5,7-2)13-11-14(3)4/h2,6,11H,1,8-10,12-13H2,3-5H3. The van der Waals surface area contributed by atoms with Crippen LogP contribution in [0.15, 0.2) is 24.3 Å².